The predicted molar refractivity (Wildman–Crippen MR) is 72.6 cm³/mol. The molecule has 0 aliphatic rings. The zero-order valence-corrected chi connectivity index (χ0v) is 11.6. The van der Waals surface area contributed by atoms with Gasteiger partial charge < -0.3 is 11.1 Å². The Morgan fingerprint density at radius 1 is 1.38 bits per heavy atom. The van der Waals surface area contributed by atoms with Crippen molar-refractivity contribution in [2.24, 2.45) is 17.6 Å². The van der Waals surface area contributed by atoms with Gasteiger partial charge >= 0.3 is 0 Å². The molecule has 4 heteroatoms. The van der Waals surface area contributed by atoms with Gasteiger partial charge in [0.05, 0.1) is 0 Å². The number of carbonyl (C=O) groups is 1. The fourth-order valence-corrected chi connectivity index (χ4v) is 2.03. The molecule has 0 saturated heterocycles. The number of amides is 1. The highest BCUT2D eigenvalue weighted by atomic mass is 32.2. The van der Waals surface area contributed by atoms with Crippen molar-refractivity contribution in [3.63, 3.8) is 0 Å². The number of hydrogen-bond donors (Lipinski definition) is 2. The third-order valence-electron chi connectivity index (χ3n) is 2.85. The van der Waals surface area contributed by atoms with Crippen LogP contribution in [0.5, 0.6) is 0 Å². The van der Waals surface area contributed by atoms with Crippen LogP contribution in [-0.2, 0) is 4.79 Å². The van der Waals surface area contributed by atoms with Crippen LogP contribution < -0.4 is 11.1 Å². The Kier molecular flexibility index (Phi) is 9.83. The maximum atomic E-state index is 11.5. The van der Waals surface area contributed by atoms with E-state index in [0.29, 0.717) is 18.3 Å². The van der Waals surface area contributed by atoms with Gasteiger partial charge in [0.2, 0.25) is 5.91 Å². The van der Waals surface area contributed by atoms with E-state index in [9.17, 15) is 4.79 Å². The zero-order chi connectivity index (χ0) is 12.4. The lowest BCUT2D eigenvalue weighted by Gasteiger charge is -2.19. The molecule has 96 valence electrons. The van der Waals surface area contributed by atoms with E-state index in [1.54, 1.807) is 11.8 Å². The van der Waals surface area contributed by atoms with Crippen LogP contribution in [-0.4, -0.2) is 31.0 Å². The van der Waals surface area contributed by atoms with E-state index in [0.717, 1.165) is 31.7 Å². The van der Waals surface area contributed by atoms with E-state index >= 15 is 0 Å². The minimum atomic E-state index is 0.178. The lowest BCUT2D eigenvalue weighted by molar-refractivity contribution is -0.121. The van der Waals surface area contributed by atoms with Gasteiger partial charge in [-0.05, 0) is 37.5 Å². The largest absolute Gasteiger partial charge is 0.355 e. The van der Waals surface area contributed by atoms with Crippen molar-refractivity contribution in [2.75, 3.05) is 25.1 Å². The topological polar surface area (TPSA) is 55.1 Å². The van der Waals surface area contributed by atoms with Crippen LogP contribution in [0, 0.1) is 11.8 Å². The number of nitrogens with two attached hydrogens (primary N) is 1. The molecule has 0 aliphatic carbocycles. The van der Waals surface area contributed by atoms with Crippen LogP contribution in [0.15, 0.2) is 0 Å². The van der Waals surface area contributed by atoms with Crippen molar-refractivity contribution in [3.05, 3.63) is 0 Å². The van der Waals surface area contributed by atoms with Crippen molar-refractivity contribution in [1.29, 1.82) is 0 Å². The first-order chi connectivity index (χ1) is 7.61. The molecule has 1 atom stereocenters. The monoisotopic (exact) mass is 246 g/mol. The van der Waals surface area contributed by atoms with Gasteiger partial charge in [-0.25, -0.2) is 0 Å². The summed E-state index contributed by atoms with van der Waals surface area (Å²) in [6.45, 7) is 5.90. The number of hydrogen-bond acceptors (Lipinski definition) is 3. The molecule has 1 unspecified atom stereocenters. The van der Waals surface area contributed by atoms with E-state index in [1.807, 2.05) is 6.26 Å². The summed E-state index contributed by atoms with van der Waals surface area (Å²) in [7, 11) is 0. The first-order valence-electron chi connectivity index (χ1n) is 6.07. The average molecular weight is 246 g/mol. The normalized spacial score (nSPS) is 12.8. The average Bonchev–Trinajstić information content (AvgIpc) is 2.24. The van der Waals surface area contributed by atoms with Crippen molar-refractivity contribution in [1.82, 2.24) is 5.32 Å². The summed E-state index contributed by atoms with van der Waals surface area (Å²) in [4.78, 5) is 11.5. The highest BCUT2D eigenvalue weighted by molar-refractivity contribution is 7.98. The Balaban J connectivity index is 3.69. The minimum absolute atomic E-state index is 0.178. The van der Waals surface area contributed by atoms with Gasteiger partial charge in [-0.1, -0.05) is 13.8 Å². The first-order valence-corrected chi connectivity index (χ1v) is 7.46. The van der Waals surface area contributed by atoms with Crippen molar-refractivity contribution in [3.8, 4) is 0 Å². The van der Waals surface area contributed by atoms with Gasteiger partial charge in [-0.2, -0.15) is 11.8 Å². The summed E-state index contributed by atoms with van der Waals surface area (Å²) in [5, 5.41) is 2.93. The van der Waals surface area contributed by atoms with Crippen molar-refractivity contribution < 1.29 is 4.79 Å². The molecule has 3 N–H and O–H groups in total. The Bertz CT molecular complexity index is 186. The van der Waals surface area contributed by atoms with E-state index in [2.05, 4.69) is 19.2 Å². The Labute approximate surface area is 104 Å². The number of rotatable bonds is 9. The summed E-state index contributed by atoms with van der Waals surface area (Å²) in [5.74, 6) is 2.36. The van der Waals surface area contributed by atoms with Crippen LogP contribution >= 0.6 is 11.8 Å². The lowest BCUT2D eigenvalue weighted by atomic mass is 9.88. The highest BCUT2D eigenvalue weighted by Gasteiger charge is 2.13. The van der Waals surface area contributed by atoms with Crippen molar-refractivity contribution in [2.45, 2.75) is 33.1 Å². The summed E-state index contributed by atoms with van der Waals surface area (Å²) in [5.41, 5.74) is 5.57. The molecule has 16 heavy (non-hydrogen) atoms. The summed E-state index contributed by atoms with van der Waals surface area (Å²) in [6, 6.07) is 0. The van der Waals surface area contributed by atoms with Gasteiger partial charge in [0.25, 0.3) is 0 Å². The van der Waals surface area contributed by atoms with E-state index in [-0.39, 0.29) is 5.91 Å². The van der Waals surface area contributed by atoms with E-state index < -0.39 is 0 Å². The van der Waals surface area contributed by atoms with Gasteiger partial charge in [-0.3, -0.25) is 4.79 Å². The fraction of sp³-hybridized carbons (Fsp3) is 0.917. The van der Waals surface area contributed by atoms with Gasteiger partial charge in [0.15, 0.2) is 0 Å². The summed E-state index contributed by atoms with van der Waals surface area (Å²) >= 11 is 1.75. The molecule has 0 radical (unpaired) electrons. The molecule has 0 aromatic heterocycles. The Morgan fingerprint density at radius 3 is 2.56 bits per heavy atom. The first kappa shape index (κ1) is 15.8. The van der Waals surface area contributed by atoms with Crippen LogP contribution in [0.25, 0.3) is 0 Å². The third-order valence-corrected chi connectivity index (χ3v) is 3.46. The SMILES string of the molecule is CSCCNC(=O)CCC(CCN)C(C)C. The summed E-state index contributed by atoms with van der Waals surface area (Å²) in [6.07, 6.45) is 4.66. The zero-order valence-electron chi connectivity index (χ0n) is 10.8. The second-order valence-electron chi connectivity index (χ2n) is 4.46. The lowest BCUT2D eigenvalue weighted by Crippen LogP contribution is -2.26. The van der Waals surface area contributed by atoms with Crippen LogP contribution in [0.2, 0.25) is 0 Å². The van der Waals surface area contributed by atoms with Gasteiger partial charge in [0, 0.05) is 18.7 Å². The van der Waals surface area contributed by atoms with Crippen LogP contribution in [0.4, 0.5) is 0 Å². The maximum absolute atomic E-state index is 11.5. The van der Waals surface area contributed by atoms with Gasteiger partial charge in [-0.15, -0.1) is 0 Å². The van der Waals surface area contributed by atoms with Crippen LogP contribution in [0.1, 0.15) is 33.1 Å². The molecule has 0 aliphatic heterocycles. The predicted octanol–water partition coefficient (Wildman–Crippen LogP) is 1.87. The quantitative estimate of drug-likeness (QED) is 0.611. The molecule has 0 aromatic rings. The summed E-state index contributed by atoms with van der Waals surface area (Å²) < 4.78 is 0. The van der Waals surface area contributed by atoms with Gasteiger partial charge in [0.1, 0.15) is 0 Å². The molecule has 0 saturated carbocycles. The minimum Gasteiger partial charge on any atom is -0.355 e. The van der Waals surface area contributed by atoms with E-state index in [1.165, 1.54) is 0 Å². The standard InChI is InChI=1S/C12H26N2OS/c1-10(2)11(6-7-13)4-5-12(15)14-8-9-16-3/h10-11H,4-9,13H2,1-3H3,(H,14,15). The highest BCUT2D eigenvalue weighted by Crippen LogP contribution is 2.20. The second-order valence-corrected chi connectivity index (χ2v) is 5.45. The van der Waals surface area contributed by atoms with E-state index in [4.69, 9.17) is 5.73 Å². The maximum Gasteiger partial charge on any atom is 0.220 e. The second kappa shape index (κ2) is 9.97. The smallest absolute Gasteiger partial charge is 0.220 e. The molecule has 1 amide bonds. The molecular formula is C12H26N2OS. The number of nitrogens with one attached hydrogen (secondary N) is 1. The molecule has 0 fully saturated rings. The molecule has 0 spiro atoms. The fourth-order valence-electron chi connectivity index (χ4n) is 1.72. The molecule has 3 nitrogen and oxygen atoms in total. The third kappa shape index (κ3) is 7.99. The number of carbonyl (C=O) groups excluding carboxylic acids is 1. The molecule has 0 bridgehead atoms. The molecule has 0 rings (SSSR count). The number of thioether (sulfide) groups is 1. The molecule has 0 aromatic carbocycles. The Hall–Kier alpha value is -0.220. The Morgan fingerprint density at radius 2 is 2.06 bits per heavy atom. The van der Waals surface area contributed by atoms with Crippen LogP contribution in [0.3, 0.4) is 0 Å². The molecular weight excluding hydrogens is 220 g/mol. The molecule has 0 heterocycles. The van der Waals surface area contributed by atoms with Crippen molar-refractivity contribution >= 4 is 17.7 Å².